The van der Waals surface area contributed by atoms with Crippen LogP contribution in [0.2, 0.25) is 0 Å². The molecule has 118 valence electrons. The van der Waals surface area contributed by atoms with Crippen molar-refractivity contribution < 1.29 is 0 Å². The minimum atomic E-state index is 0.445. The van der Waals surface area contributed by atoms with Gasteiger partial charge in [-0.1, -0.05) is 27.7 Å². The maximum atomic E-state index is 4.88. The molecule has 2 rings (SSSR count). The van der Waals surface area contributed by atoms with Gasteiger partial charge in [0.25, 0.3) is 0 Å². The molecule has 0 atom stereocenters. The zero-order valence-electron chi connectivity index (χ0n) is 14.4. The zero-order chi connectivity index (χ0) is 15.6. The monoisotopic (exact) mass is 290 g/mol. The van der Waals surface area contributed by atoms with Gasteiger partial charge in [0.05, 0.1) is 5.69 Å². The molecule has 1 saturated heterocycles. The van der Waals surface area contributed by atoms with E-state index in [9.17, 15) is 0 Å². The average molecular weight is 290 g/mol. The third-order valence-electron chi connectivity index (χ3n) is 4.33. The number of hydrogen-bond donors (Lipinski definition) is 0. The molecular weight excluding hydrogens is 260 g/mol. The van der Waals surface area contributed by atoms with Gasteiger partial charge in [0.1, 0.15) is 0 Å². The first-order valence-corrected chi connectivity index (χ1v) is 8.26. The Labute approximate surface area is 129 Å². The van der Waals surface area contributed by atoms with Crippen LogP contribution in [0.5, 0.6) is 0 Å². The van der Waals surface area contributed by atoms with E-state index in [0.29, 0.717) is 17.9 Å². The SMILES string of the molecule is CC(C)c1cnc(N2CCN(C(C)C)CC2)nc1C(C)C. The first kappa shape index (κ1) is 16.2. The lowest BCUT2D eigenvalue weighted by Gasteiger charge is -2.37. The number of hydrogen-bond acceptors (Lipinski definition) is 4. The van der Waals surface area contributed by atoms with Crippen LogP contribution in [-0.2, 0) is 0 Å². The fraction of sp³-hybridized carbons (Fsp3) is 0.765. The fourth-order valence-corrected chi connectivity index (χ4v) is 2.89. The van der Waals surface area contributed by atoms with Gasteiger partial charge >= 0.3 is 0 Å². The molecule has 1 aromatic heterocycles. The van der Waals surface area contributed by atoms with E-state index < -0.39 is 0 Å². The summed E-state index contributed by atoms with van der Waals surface area (Å²) in [5.41, 5.74) is 2.50. The van der Waals surface area contributed by atoms with Crippen molar-refractivity contribution in [2.75, 3.05) is 31.1 Å². The van der Waals surface area contributed by atoms with Crippen LogP contribution in [0.3, 0.4) is 0 Å². The maximum absolute atomic E-state index is 4.88. The van der Waals surface area contributed by atoms with E-state index in [-0.39, 0.29) is 0 Å². The summed E-state index contributed by atoms with van der Waals surface area (Å²) in [5.74, 6) is 1.84. The van der Waals surface area contributed by atoms with Crippen LogP contribution in [-0.4, -0.2) is 47.1 Å². The number of nitrogens with zero attached hydrogens (tertiary/aromatic N) is 4. The molecule has 0 N–H and O–H groups in total. The zero-order valence-corrected chi connectivity index (χ0v) is 14.4. The van der Waals surface area contributed by atoms with E-state index in [1.165, 1.54) is 11.3 Å². The molecule has 21 heavy (non-hydrogen) atoms. The Morgan fingerprint density at radius 2 is 1.52 bits per heavy atom. The summed E-state index contributed by atoms with van der Waals surface area (Å²) in [4.78, 5) is 14.4. The van der Waals surface area contributed by atoms with E-state index in [4.69, 9.17) is 4.98 Å². The van der Waals surface area contributed by atoms with Crippen LogP contribution < -0.4 is 4.90 Å². The Morgan fingerprint density at radius 3 is 2.00 bits per heavy atom. The molecule has 1 aliphatic rings. The minimum absolute atomic E-state index is 0.445. The largest absolute Gasteiger partial charge is 0.338 e. The van der Waals surface area contributed by atoms with Crippen molar-refractivity contribution in [1.29, 1.82) is 0 Å². The quantitative estimate of drug-likeness (QED) is 0.852. The van der Waals surface area contributed by atoms with E-state index >= 15 is 0 Å². The highest BCUT2D eigenvalue weighted by atomic mass is 15.3. The molecule has 0 aromatic carbocycles. The van der Waals surface area contributed by atoms with E-state index in [1.54, 1.807) is 0 Å². The van der Waals surface area contributed by atoms with Gasteiger partial charge < -0.3 is 4.90 Å². The predicted molar refractivity (Wildman–Crippen MR) is 89.1 cm³/mol. The van der Waals surface area contributed by atoms with Gasteiger partial charge in [0.2, 0.25) is 5.95 Å². The second-order valence-corrected chi connectivity index (χ2v) is 6.94. The van der Waals surface area contributed by atoms with Crippen molar-refractivity contribution in [2.45, 2.75) is 59.4 Å². The molecule has 0 unspecified atom stereocenters. The van der Waals surface area contributed by atoms with Crippen LogP contribution in [0, 0.1) is 0 Å². The molecule has 0 bridgehead atoms. The summed E-state index contributed by atoms with van der Waals surface area (Å²) in [6.45, 7) is 17.6. The third-order valence-corrected chi connectivity index (χ3v) is 4.33. The second kappa shape index (κ2) is 6.73. The summed E-state index contributed by atoms with van der Waals surface area (Å²) >= 11 is 0. The Balaban J connectivity index is 2.16. The van der Waals surface area contributed by atoms with Gasteiger partial charge in [0.15, 0.2) is 0 Å². The molecule has 4 heteroatoms. The maximum Gasteiger partial charge on any atom is 0.225 e. The fourth-order valence-electron chi connectivity index (χ4n) is 2.89. The van der Waals surface area contributed by atoms with Gasteiger partial charge in [-0.15, -0.1) is 0 Å². The van der Waals surface area contributed by atoms with Crippen molar-refractivity contribution in [3.8, 4) is 0 Å². The average Bonchev–Trinajstić information content (AvgIpc) is 2.46. The number of aromatic nitrogens is 2. The van der Waals surface area contributed by atoms with Crippen molar-refractivity contribution in [1.82, 2.24) is 14.9 Å². The number of rotatable bonds is 4. The summed E-state index contributed by atoms with van der Waals surface area (Å²) in [5, 5.41) is 0. The minimum Gasteiger partial charge on any atom is -0.338 e. The molecule has 1 fully saturated rings. The number of anilines is 1. The standard InChI is InChI=1S/C17H30N4/c1-12(2)15-11-18-17(19-16(15)13(3)4)21-9-7-20(8-10-21)14(5)6/h11-14H,7-10H2,1-6H3. The van der Waals surface area contributed by atoms with Crippen LogP contribution in [0.4, 0.5) is 5.95 Å². The molecule has 0 aliphatic carbocycles. The molecule has 2 heterocycles. The van der Waals surface area contributed by atoms with Gasteiger partial charge in [0, 0.05) is 38.4 Å². The molecule has 0 spiro atoms. The topological polar surface area (TPSA) is 32.3 Å². The van der Waals surface area contributed by atoms with Gasteiger partial charge in [-0.3, -0.25) is 4.90 Å². The van der Waals surface area contributed by atoms with Gasteiger partial charge in [-0.05, 0) is 31.2 Å². The Kier molecular flexibility index (Phi) is 5.20. The van der Waals surface area contributed by atoms with Crippen LogP contribution in [0.15, 0.2) is 6.20 Å². The molecule has 0 saturated carbocycles. The van der Waals surface area contributed by atoms with E-state index in [0.717, 1.165) is 32.1 Å². The predicted octanol–water partition coefficient (Wildman–Crippen LogP) is 3.25. The van der Waals surface area contributed by atoms with Crippen molar-refractivity contribution in [2.24, 2.45) is 0 Å². The van der Waals surface area contributed by atoms with Crippen molar-refractivity contribution >= 4 is 5.95 Å². The smallest absolute Gasteiger partial charge is 0.225 e. The van der Waals surface area contributed by atoms with Gasteiger partial charge in [-0.2, -0.15) is 0 Å². The normalized spacial score (nSPS) is 17.3. The first-order chi connectivity index (χ1) is 9.90. The Morgan fingerprint density at radius 1 is 0.905 bits per heavy atom. The lowest BCUT2D eigenvalue weighted by atomic mass is 9.97. The highest BCUT2D eigenvalue weighted by Crippen LogP contribution is 2.25. The summed E-state index contributed by atoms with van der Waals surface area (Å²) < 4.78 is 0. The Bertz CT molecular complexity index is 460. The lowest BCUT2D eigenvalue weighted by molar-refractivity contribution is 0.208. The van der Waals surface area contributed by atoms with E-state index in [2.05, 4.69) is 56.3 Å². The lowest BCUT2D eigenvalue weighted by Crippen LogP contribution is -2.49. The summed E-state index contributed by atoms with van der Waals surface area (Å²) in [6.07, 6.45) is 2.04. The molecule has 0 amide bonds. The second-order valence-electron chi connectivity index (χ2n) is 6.94. The molecule has 4 nitrogen and oxygen atoms in total. The molecule has 0 radical (unpaired) electrons. The Hall–Kier alpha value is -1.16. The van der Waals surface area contributed by atoms with Crippen molar-refractivity contribution in [3.63, 3.8) is 0 Å². The molecule has 1 aliphatic heterocycles. The van der Waals surface area contributed by atoms with Crippen LogP contribution >= 0.6 is 0 Å². The molecular formula is C17H30N4. The number of piperazine rings is 1. The van der Waals surface area contributed by atoms with Gasteiger partial charge in [-0.25, -0.2) is 9.97 Å². The summed E-state index contributed by atoms with van der Waals surface area (Å²) in [7, 11) is 0. The highest BCUT2D eigenvalue weighted by Gasteiger charge is 2.22. The summed E-state index contributed by atoms with van der Waals surface area (Å²) in [6, 6.07) is 0.627. The van der Waals surface area contributed by atoms with Crippen LogP contribution in [0.25, 0.3) is 0 Å². The third kappa shape index (κ3) is 3.73. The molecule has 1 aromatic rings. The highest BCUT2D eigenvalue weighted by molar-refractivity contribution is 5.36. The van der Waals surface area contributed by atoms with Crippen LogP contribution in [0.1, 0.15) is 64.6 Å². The van der Waals surface area contributed by atoms with E-state index in [1.807, 2.05) is 6.20 Å². The van der Waals surface area contributed by atoms with Crippen molar-refractivity contribution in [3.05, 3.63) is 17.5 Å². The first-order valence-electron chi connectivity index (χ1n) is 8.26.